The number of aliphatic carboxylic acids is 1. The predicted octanol–water partition coefficient (Wildman–Crippen LogP) is 0.103. The number of hydrogen-bond acceptors (Lipinski definition) is 6. The molecule has 1 N–H and O–H groups in total. The summed E-state index contributed by atoms with van der Waals surface area (Å²) in [6.07, 6.45) is 0. The molecule has 0 aliphatic rings. The topological polar surface area (TPSA) is 93.1 Å². The van der Waals surface area contributed by atoms with Gasteiger partial charge in [-0.15, -0.1) is 0 Å². The standard InChI is InChI=1S/C5H13NO4S.C4H6O2/c1-6(2)4-5-10-11(7,8)9-3;1-3(2)4(5)6/h4-5H2,1-3H3;1H2,2H3,(H,5,6). The highest BCUT2D eigenvalue weighted by Crippen LogP contribution is 1.92. The minimum absolute atomic E-state index is 0.114. The van der Waals surface area contributed by atoms with Crippen molar-refractivity contribution in [3.05, 3.63) is 12.2 Å². The molecular formula is C9H19NO6S. The van der Waals surface area contributed by atoms with Crippen LogP contribution in [0, 0.1) is 0 Å². The van der Waals surface area contributed by atoms with Gasteiger partial charge in [0.1, 0.15) is 0 Å². The molecule has 7 nitrogen and oxygen atoms in total. The third-order valence-electron chi connectivity index (χ3n) is 1.34. The molecule has 0 radical (unpaired) electrons. The van der Waals surface area contributed by atoms with E-state index in [2.05, 4.69) is 14.9 Å². The van der Waals surface area contributed by atoms with Gasteiger partial charge in [-0.3, -0.25) is 4.18 Å². The van der Waals surface area contributed by atoms with Crippen LogP contribution in [-0.4, -0.2) is 58.8 Å². The van der Waals surface area contributed by atoms with Gasteiger partial charge in [0.15, 0.2) is 0 Å². The summed E-state index contributed by atoms with van der Waals surface area (Å²) in [6.45, 7) is 5.26. The lowest BCUT2D eigenvalue weighted by atomic mass is 10.4. The third kappa shape index (κ3) is 15.0. The molecule has 0 saturated carbocycles. The monoisotopic (exact) mass is 269 g/mol. The number of hydrogen-bond donors (Lipinski definition) is 1. The van der Waals surface area contributed by atoms with Crippen molar-refractivity contribution in [2.24, 2.45) is 0 Å². The summed E-state index contributed by atoms with van der Waals surface area (Å²) in [7, 11) is 0.963. The zero-order chi connectivity index (χ0) is 14.1. The number of carboxylic acid groups (broad SMARTS) is 1. The second-order valence-electron chi connectivity index (χ2n) is 3.29. The van der Waals surface area contributed by atoms with E-state index in [1.54, 1.807) is 0 Å². The normalized spacial score (nSPS) is 10.6. The molecule has 0 aliphatic carbocycles. The summed E-state index contributed by atoms with van der Waals surface area (Å²) >= 11 is 0. The molecule has 8 heteroatoms. The molecule has 0 unspecified atom stereocenters. The Morgan fingerprint density at radius 3 is 2.06 bits per heavy atom. The van der Waals surface area contributed by atoms with E-state index >= 15 is 0 Å². The van der Waals surface area contributed by atoms with E-state index in [-0.39, 0.29) is 12.2 Å². The van der Waals surface area contributed by atoms with Crippen LogP contribution in [0.15, 0.2) is 12.2 Å². The number of carbonyl (C=O) groups is 1. The Labute approximate surface area is 102 Å². The first-order chi connectivity index (χ1) is 7.62. The lowest BCUT2D eigenvalue weighted by molar-refractivity contribution is -0.132. The van der Waals surface area contributed by atoms with Gasteiger partial charge in [-0.25, -0.2) is 8.98 Å². The first-order valence-corrected chi connectivity index (χ1v) is 5.94. The number of likely N-dealkylation sites (N-methyl/N-ethyl adjacent to an activating group) is 1. The van der Waals surface area contributed by atoms with Crippen molar-refractivity contribution >= 4 is 16.4 Å². The van der Waals surface area contributed by atoms with E-state index in [9.17, 15) is 13.2 Å². The van der Waals surface area contributed by atoms with Crippen LogP contribution >= 0.6 is 0 Å². The fourth-order valence-electron chi connectivity index (χ4n) is 0.370. The van der Waals surface area contributed by atoms with Crippen LogP contribution in [0.4, 0.5) is 0 Å². The molecule has 0 heterocycles. The summed E-state index contributed by atoms with van der Waals surface area (Å²) in [6, 6.07) is 0. The Morgan fingerprint density at radius 1 is 1.41 bits per heavy atom. The van der Waals surface area contributed by atoms with Crippen molar-refractivity contribution in [1.29, 1.82) is 0 Å². The number of carboxylic acids is 1. The van der Waals surface area contributed by atoms with E-state index in [4.69, 9.17) is 5.11 Å². The summed E-state index contributed by atoms with van der Waals surface area (Å²) in [4.78, 5) is 11.4. The second kappa shape index (κ2) is 9.11. The van der Waals surface area contributed by atoms with Crippen LogP contribution in [0.5, 0.6) is 0 Å². The largest absolute Gasteiger partial charge is 0.478 e. The maximum Gasteiger partial charge on any atom is 0.399 e. The molecule has 0 saturated heterocycles. The minimum Gasteiger partial charge on any atom is -0.478 e. The lowest BCUT2D eigenvalue weighted by Crippen LogP contribution is -2.20. The van der Waals surface area contributed by atoms with Crippen LogP contribution in [0.3, 0.4) is 0 Å². The SMILES string of the molecule is C=C(C)C(=O)O.COS(=O)(=O)OCCN(C)C. The van der Waals surface area contributed by atoms with Gasteiger partial charge < -0.3 is 10.0 Å². The molecule has 0 aromatic rings. The van der Waals surface area contributed by atoms with E-state index in [1.807, 2.05) is 19.0 Å². The summed E-state index contributed by atoms with van der Waals surface area (Å²) < 4.78 is 29.5. The average molecular weight is 269 g/mol. The zero-order valence-electron chi connectivity index (χ0n) is 10.5. The van der Waals surface area contributed by atoms with E-state index in [0.717, 1.165) is 7.11 Å². The van der Waals surface area contributed by atoms with Gasteiger partial charge >= 0.3 is 16.4 Å². The molecule has 0 rings (SSSR count). The first-order valence-electron chi connectivity index (χ1n) is 4.61. The quantitative estimate of drug-likeness (QED) is 0.684. The Balaban J connectivity index is 0. The molecule has 102 valence electrons. The molecule has 0 spiro atoms. The summed E-state index contributed by atoms with van der Waals surface area (Å²) in [5.41, 5.74) is 0.176. The van der Waals surface area contributed by atoms with Gasteiger partial charge in [-0.1, -0.05) is 6.58 Å². The van der Waals surface area contributed by atoms with Gasteiger partial charge in [0, 0.05) is 12.1 Å². The maximum atomic E-state index is 10.5. The highest BCUT2D eigenvalue weighted by molar-refractivity contribution is 7.81. The van der Waals surface area contributed by atoms with Crippen LogP contribution in [0.1, 0.15) is 6.92 Å². The maximum absolute atomic E-state index is 10.5. The fraction of sp³-hybridized carbons (Fsp3) is 0.667. The fourth-order valence-corrected chi connectivity index (χ4v) is 0.745. The third-order valence-corrected chi connectivity index (χ3v) is 2.20. The predicted molar refractivity (Wildman–Crippen MR) is 62.9 cm³/mol. The van der Waals surface area contributed by atoms with Crippen molar-refractivity contribution in [2.75, 3.05) is 34.4 Å². The molecular weight excluding hydrogens is 250 g/mol. The Bertz CT molecular complexity index is 323. The number of nitrogens with zero attached hydrogens (tertiary/aromatic N) is 1. The molecule has 0 atom stereocenters. The molecule has 0 bridgehead atoms. The second-order valence-corrected chi connectivity index (χ2v) is 4.67. The van der Waals surface area contributed by atoms with Gasteiger partial charge in [0.25, 0.3) is 0 Å². The molecule has 0 amide bonds. The van der Waals surface area contributed by atoms with Crippen molar-refractivity contribution in [3.63, 3.8) is 0 Å². The summed E-state index contributed by atoms with van der Waals surface area (Å²) in [5.74, 6) is -0.935. The van der Waals surface area contributed by atoms with E-state index in [1.165, 1.54) is 6.92 Å². The van der Waals surface area contributed by atoms with Crippen LogP contribution in [0.25, 0.3) is 0 Å². The summed E-state index contributed by atoms with van der Waals surface area (Å²) in [5, 5.41) is 7.89. The van der Waals surface area contributed by atoms with Gasteiger partial charge in [0.05, 0.1) is 13.7 Å². The molecule has 17 heavy (non-hydrogen) atoms. The highest BCUT2D eigenvalue weighted by atomic mass is 32.3. The average Bonchev–Trinajstić information content (AvgIpc) is 2.17. The minimum atomic E-state index is -3.74. The van der Waals surface area contributed by atoms with Crippen molar-refractivity contribution in [1.82, 2.24) is 4.90 Å². The Kier molecular flexibility index (Phi) is 9.86. The lowest BCUT2D eigenvalue weighted by Gasteiger charge is -2.08. The molecule has 0 aromatic carbocycles. The molecule has 0 aliphatic heterocycles. The van der Waals surface area contributed by atoms with Crippen molar-refractivity contribution < 1.29 is 26.7 Å². The van der Waals surface area contributed by atoms with Gasteiger partial charge in [-0.05, 0) is 21.0 Å². The van der Waals surface area contributed by atoms with Gasteiger partial charge in [0.2, 0.25) is 0 Å². The molecule has 0 fully saturated rings. The van der Waals surface area contributed by atoms with Crippen LogP contribution in [-0.2, 0) is 23.6 Å². The Hall–Kier alpha value is -0.960. The van der Waals surface area contributed by atoms with E-state index in [0.29, 0.717) is 6.54 Å². The zero-order valence-corrected chi connectivity index (χ0v) is 11.3. The highest BCUT2D eigenvalue weighted by Gasteiger charge is 2.07. The Morgan fingerprint density at radius 2 is 1.82 bits per heavy atom. The molecule has 0 aromatic heterocycles. The van der Waals surface area contributed by atoms with Crippen LogP contribution in [0.2, 0.25) is 0 Å². The first kappa shape index (κ1) is 18.4. The smallest absolute Gasteiger partial charge is 0.399 e. The van der Waals surface area contributed by atoms with Crippen molar-refractivity contribution in [2.45, 2.75) is 6.92 Å². The van der Waals surface area contributed by atoms with Crippen LogP contribution < -0.4 is 0 Å². The van der Waals surface area contributed by atoms with Gasteiger partial charge in [-0.2, -0.15) is 8.42 Å². The number of rotatable bonds is 6. The van der Waals surface area contributed by atoms with Crippen molar-refractivity contribution in [3.8, 4) is 0 Å². The van der Waals surface area contributed by atoms with E-state index < -0.39 is 16.4 Å².